The number of nitrogens with zero attached hydrogens (tertiary/aromatic N) is 1. The Kier molecular flexibility index (Phi) is 7.46. The van der Waals surface area contributed by atoms with Crippen LogP contribution in [0.25, 0.3) is 10.6 Å². The van der Waals surface area contributed by atoms with E-state index in [-0.39, 0.29) is 5.91 Å². The van der Waals surface area contributed by atoms with Crippen molar-refractivity contribution in [1.82, 2.24) is 10.3 Å². The van der Waals surface area contributed by atoms with Crippen molar-refractivity contribution in [3.05, 3.63) is 64.1 Å². The standard InChI is InChI=1S/C21H21ClN2O4S/c1-26-9-8-23-20(25)17-13-29-21(24-17)15-6-7-18(19(11-15)27-2)28-12-14-4-3-5-16(22)10-14/h3-7,10-11,13H,8-9,12H2,1-2H3,(H,23,25). The van der Waals surface area contributed by atoms with Gasteiger partial charge in [-0.1, -0.05) is 23.7 Å². The van der Waals surface area contributed by atoms with Crippen molar-refractivity contribution in [2.75, 3.05) is 27.4 Å². The van der Waals surface area contributed by atoms with Gasteiger partial charge in [-0.05, 0) is 35.9 Å². The summed E-state index contributed by atoms with van der Waals surface area (Å²) >= 11 is 7.41. The van der Waals surface area contributed by atoms with Crippen LogP contribution >= 0.6 is 22.9 Å². The molecular formula is C21H21ClN2O4S. The third-order valence-electron chi connectivity index (χ3n) is 4.02. The number of halogens is 1. The fourth-order valence-electron chi connectivity index (χ4n) is 2.58. The van der Waals surface area contributed by atoms with Crippen LogP contribution in [0.4, 0.5) is 0 Å². The summed E-state index contributed by atoms with van der Waals surface area (Å²) in [6.45, 7) is 1.27. The molecule has 1 heterocycles. The van der Waals surface area contributed by atoms with Gasteiger partial charge in [-0.3, -0.25) is 4.79 Å². The van der Waals surface area contributed by atoms with E-state index in [1.807, 2.05) is 42.5 Å². The van der Waals surface area contributed by atoms with Gasteiger partial charge in [0.1, 0.15) is 17.3 Å². The summed E-state index contributed by atoms with van der Waals surface area (Å²) in [5, 5.41) is 5.88. The molecule has 0 saturated heterocycles. The van der Waals surface area contributed by atoms with Crippen molar-refractivity contribution >= 4 is 28.8 Å². The zero-order valence-electron chi connectivity index (χ0n) is 16.1. The van der Waals surface area contributed by atoms with Crippen molar-refractivity contribution in [2.45, 2.75) is 6.61 Å². The monoisotopic (exact) mass is 432 g/mol. The average molecular weight is 433 g/mol. The zero-order valence-corrected chi connectivity index (χ0v) is 17.7. The largest absolute Gasteiger partial charge is 0.493 e. The maximum Gasteiger partial charge on any atom is 0.270 e. The van der Waals surface area contributed by atoms with Crippen molar-refractivity contribution < 1.29 is 19.0 Å². The maximum absolute atomic E-state index is 12.1. The second-order valence-electron chi connectivity index (χ2n) is 6.07. The molecule has 0 fully saturated rings. The zero-order chi connectivity index (χ0) is 20.6. The highest BCUT2D eigenvalue weighted by Crippen LogP contribution is 2.34. The molecule has 0 saturated carbocycles. The molecule has 0 radical (unpaired) electrons. The van der Waals surface area contributed by atoms with Crippen molar-refractivity contribution in [2.24, 2.45) is 0 Å². The van der Waals surface area contributed by atoms with E-state index in [0.717, 1.165) is 16.1 Å². The summed E-state index contributed by atoms with van der Waals surface area (Å²) in [6.07, 6.45) is 0. The molecule has 0 aliphatic rings. The highest BCUT2D eigenvalue weighted by molar-refractivity contribution is 7.13. The first-order valence-electron chi connectivity index (χ1n) is 8.89. The Morgan fingerprint density at radius 2 is 2.03 bits per heavy atom. The van der Waals surface area contributed by atoms with E-state index >= 15 is 0 Å². The highest BCUT2D eigenvalue weighted by Gasteiger charge is 2.14. The van der Waals surface area contributed by atoms with Crippen LogP contribution in [0.1, 0.15) is 16.1 Å². The Hall–Kier alpha value is -2.61. The lowest BCUT2D eigenvalue weighted by Crippen LogP contribution is -2.27. The maximum atomic E-state index is 12.1. The molecule has 0 unspecified atom stereocenters. The molecule has 29 heavy (non-hydrogen) atoms. The van der Waals surface area contributed by atoms with Gasteiger partial charge in [0.25, 0.3) is 5.91 Å². The van der Waals surface area contributed by atoms with Crippen molar-refractivity contribution in [3.63, 3.8) is 0 Å². The molecule has 3 aromatic rings. The Balaban J connectivity index is 1.71. The molecule has 0 aliphatic carbocycles. The van der Waals surface area contributed by atoms with Gasteiger partial charge in [-0.25, -0.2) is 4.98 Å². The Morgan fingerprint density at radius 1 is 1.17 bits per heavy atom. The van der Waals surface area contributed by atoms with Crippen LogP contribution in [-0.4, -0.2) is 38.3 Å². The number of hydrogen-bond donors (Lipinski definition) is 1. The van der Waals surface area contributed by atoms with Gasteiger partial charge >= 0.3 is 0 Å². The van der Waals surface area contributed by atoms with E-state index < -0.39 is 0 Å². The molecule has 1 N–H and O–H groups in total. The quantitative estimate of drug-likeness (QED) is 0.506. The first-order valence-corrected chi connectivity index (χ1v) is 10.1. The Bertz CT molecular complexity index is 977. The Labute approximate surface area is 178 Å². The number of carbonyl (C=O) groups is 1. The van der Waals surface area contributed by atoms with Gasteiger partial charge in [0.05, 0.1) is 13.7 Å². The van der Waals surface area contributed by atoms with E-state index in [2.05, 4.69) is 10.3 Å². The molecule has 0 bridgehead atoms. The SMILES string of the molecule is COCCNC(=O)c1csc(-c2ccc(OCc3cccc(Cl)c3)c(OC)c2)n1. The topological polar surface area (TPSA) is 69.7 Å². The number of carbonyl (C=O) groups excluding carboxylic acids is 1. The highest BCUT2D eigenvalue weighted by atomic mass is 35.5. The smallest absolute Gasteiger partial charge is 0.270 e. The summed E-state index contributed by atoms with van der Waals surface area (Å²) < 4.78 is 16.3. The normalized spacial score (nSPS) is 10.6. The first kappa shape index (κ1) is 21.1. The lowest BCUT2D eigenvalue weighted by atomic mass is 10.2. The lowest BCUT2D eigenvalue weighted by Gasteiger charge is -2.12. The fourth-order valence-corrected chi connectivity index (χ4v) is 3.59. The van der Waals surface area contributed by atoms with Crippen LogP contribution in [0.5, 0.6) is 11.5 Å². The summed E-state index contributed by atoms with van der Waals surface area (Å²) in [7, 11) is 3.17. The van der Waals surface area contributed by atoms with Gasteiger partial charge in [0.15, 0.2) is 11.5 Å². The molecule has 152 valence electrons. The number of hydrogen-bond acceptors (Lipinski definition) is 6. The predicted molar refractivity (Wildman–Crippen MR) is 114 cm³/mol. The van der Waals surface area contributed by atoms with E-state index in [0.29, 0.717) is 42.0 Å². The molecule has 6 nitrogen and oxygen atoms in total. The van der Waals surface area contributed by atoms with Gasteiger partial charge in [-0.15, -0.1) is 11.3 Å². The number of aromatic nitrogens is 1. The molecule has 1 aromatic heterocycles. The van der Waals surface area contributed by atoms with Gasteiger partial charge in [0.2, 0.25) is 0 Å². The summed E-state index contributed by atoms with van der Waals surface area (Å²) in [4.78, 5) is 16.5. The molecule has 8 heteroatoms. The number of benzene rings is 2. The van der Waals surface area contributed by atoms with E-state index in [1.165, 1.54) is 11.3 Å². The summed E-state index contributed by atoms with van der Waals surface area (Å²) in [6, 6.07) is 13.1. The summed E-state index contributed by atoms with van der Waals surface area (Å²) in [5.41, 5.74) is 2.19. The van der Waals surface area contributed by atoms with Gasteiger partial charge in [0, 0.05) is 29.6 Å². The molecule has 3 rings (SSSR count). The van der Waals surface area contributed by atoms with Gasteiger partial charge < -0.3 is 19.5 Å². The second-order valence-corrected chi connectivity index (χ2v) is 7.37. The van der Waals surface area contributed by atoms with Crippen LogP contribution in [0.15, 0.2) is 47.8 Å². The predicted octanol–water partition coefficient (Wildman–Crippen LogP) is 4.43. The van der Waals surface area contributed by atoms with Crippen LogP contribution < -0.4 is 14.8 Å². The van der Waals surface area contributed by atoms with Crippen LogP contribution in [0.2, 0.25) is 5.02 Å². The van der Waals surface area contributed by atoms with Crippen molar-refractivity contribution in [3.8, 4) is 22.1 Å². The number of rotatable bonds is 9. The number of amides is 1. The third-order valence-corrected chi connectivity index (χ3v) is 5.15. The lowest BCUT2D eigenvalue weighted by molar-refractivity contribution is 0.0933. The van der Waals surface area contributed by atoms with Crippen LogP contribution in [-0.2, 0) is 11.3 Å². The average Bonchev–Trinajstić information content (AvgIpc) is 3.23. The Morgan fingerprint density at radius 3 is 2.79 bits per heavy atom. The number of nitrogens with one attached hydrogen (secondary N) is 1. The van der Waals surface area contributed by atoms with Gasteiger partial charge in [-0.2, -0.15) is 0 Å². The first-order chi connectivity index (χ1) is 14.1. The second kappa shape index (κ2) is 10.2. The molecule has 0 atom stereocenters. The number of ether oxygens (including phenoxy) is 3. The minimum atomic E-state index is -0.224. The van der Waals surface area contributed by atoms with Crippen LogP contribution in [0.3, 0.4) is 0 Å². The molecule has 0 spiro atoms. The number of methoxy groups -OCH3 is 2. The van der Waals surface area contributed by atoms with E-state index in [1.54, 1.807) is 19.6 Å². The van der Waals surface area contributed by atoms with E-state index in [9.17, 15) is 4.79 Å². The fraction of sp³-hybridized carbons (Fsp3) is 0.238. The third kappa shape index (κ3) is 5.69. The molecule has 1 amide bonds. The molecular weight excluding hydrogens is 412 g/mol. The molecule has 2 aromatic carbocycles. The van der Waals surface area contributed by atoms with Crippen molar-refractivity contribution in [1.29, 1.82) is 0 Å². The minimum Gasteiger partial charge on any atom is -0.493 e. The number of thiazole rings is 1. The minimum absolute atomic E-state index is 0.224. The molecule has 0 aliphatic heterocycles. The van der Waals surface area contributed by atoms with E-state index in [4.69, 9.17) is 25.8 Å². The summed E-state index contributed by atoms with van der Waals surface area (Å²) in [5.74, 6) is 0.981. The van der Waals surface area contributed by atoms with Crippen LogP contribution in [0, 0.1) is 0 Å².